The van der Waals surface area contributed by atoms with Crippen molar-refractivity contribution in [3.8, 4) is 0 Å². The molecule has 0 aliphatic carbocycles. The molecule has 1 unspecified atom stereocenters. The smallest absolute Gasteiger partial charge is 0.0936 e. The van der Waals surface area contributed by atoms with Crippen LogP contribution >= 0.6 is 0 Å². The number of likely N-dealkylation sites (tertiary alicyclic amines) is 2. The third-order valence-corrected chi connectivity index (χ3v) is 4.33. The summed E-state index contributed by atoms with van der Waals surface area (Å²) in [5.74, 6) is 0. The fourth-order valence-corrected chi connectivity index (χ4v) is 3.21. The Morgan fingerprint density at radius 2 is 1.62 bits per heavy atom. The van der Waals surface area contributed by atoms with E-state index in [2.05, 4.69) is 9.80 Å². The van der Waals surface area contributed by atoms with Crippen LogP contribution in [0.15, 0.2) is 0 Å². The molecule has 0 aromatic rings. The molecule has 3 aliphatic heterocycles. The number of nitrogens with zero attached hydrogens (tertiary/aromatic N) is 2. The Hall–Kier alpha value is -0.120. The lowest BCUT2D eigenvalue weighted by Crippen LogP contribution is -2.47. The lowest BCUT2D eigenvalue weighted by atomic mass is 10.00. The maximum absolute atomic E-state index is 5.30. The Bertz CT molecular complexity index is 216. The molecular weight excluding hydrogens is 200 g/mol. The number of piperidine rings is 2. The van der Waals surface area contributed by atoms with Crippen LogP contribution in [0.4, 0.5) is 0 Å². The van der Waals surface area contributed by atoms with Crippen molar-refractivity contribution < 1.29 is 4.74 Å². The van der Waals surface area contributed by atoms with Crippen molar-refractivity contribution in [1.29, 1.82) is 0 Å². The van der Waals surface area contributed by atoms with Crippen molar-refractivity contribution >= 4 is 0 Å². The summed E-state index contributed by atoms with van der Waals surface area (Å²) in [6.07, 6.45) is 7.65. The predicted molar refractivity (Wildman–Crippen MR) is 64.6 cm³/mol. The zero-order valence-corrected chi connectivity index (χ0v) is 10.2. The van der Waals surface area contributed by atoms with Crippen LogP contribution in [0, 0.1) is 0 Å². The summed E-state index contributed by atoms with van der Waals surface area (Å²) in [7, 11) is 0. The molecule has 0 N–H and O–H groups in total. The highest BCUT2D eigenvalue weighted by Gasteiger charge is 2.29. The first kappa shape index (κ1) is 11.0. The van der Waals surface area contributed by atoms with E-state index < -0.39 is 0 Å². The summed E-state index contributed by atoms with van der Waals surface area (Å²) in [6.45, 7) is 7.49. The molecule has 3 saturated heterocycles. The van der Waals surface area contributed by atoms with Crippen molar-refractivity contribution in [1.82, 2.24) is 9.80 Å². The Balaban J connectivity index is 1.42. The van der Waals surface area contributed by atoms with Gasteiger partial charge in [-0.25, -0.2) is 0 Å². The van der Waals surface area contributed by atoms with Crippen LogP contribution in [0.2, 0.25) is 0 Å². The molecule has 3 nitrogen and oxygen atoms in total. The van der Waals surface area contributed by atoms with Crippen molar-refractivity contribution in [3.63, 3.8) is 0 Å². The van der Waals surface area contributed by atoms with Gasteiger partial charge in [0.05, 0.1) is 12.7 Å². The topological polar surface area (TPSA) is 19.0 Å². The molecule has 0 aromatic carbocycles. The molecule has 3 heterocycles. The lowest BCUT2D eigenvalue weighted by molar-refractivity contribution is 0.0893. The average molecular weight is 224 g/mol. The standard InChI is InChI=1S/C13H24N2O/c1-2-6-15(7-3-1)12-4-8-14(9-5-12)10-13-11-16-13/h12-13H,1-11H2. The molecule has 92 valence electrons. The molecule has 0 bridgehead atoms. The molecule has 1 atom stereocenters. The van der Waals surface area contributed by atoms with Gasteiger partial charge in [0.25, 0.3) is 0 Å². The largest absolute Gasteiger partial charge is 0.372 e. The molecule has 0 radical (unpaired) electrons. The molecule has 0 amide bonds. The van der Waals surface area contributed by atoms with Gasteiger partial charge in [0.1, 0.15) is 0 Å². The van der Waals surface area contributed by atoms with Gasteiger partial charge in [0, 0.05) is 12.6 Å². The summed E-state index contributed by atoms with van der Waals surface area (Å²) >= 11 is 0. The number of hydrogen-bond donors (Lipinski definition) is 0. The third kappa shape index (κ3) is 2.76. The number of ether oxygens (including phenoxy) is 1. The predicted octanol–water partition coefficient (Wildman–Crippen LogP) is 1.34. The van der Waals surface area contributed by atoms with Gasteiger partial charge < -0.3 is 14.5 Å². The van der Waals surface area contributed by atoms with Crippen molar-refractivity contribution in [2.45, 2.75) is 44.2 Å². The number of hydrogen-bond acceptors (Lipinski definition) is 3. The van der Waals surface area contributed by atoms with Crippen molar-refractivity contribution in [3.05, 3.63) is 0 Å². The number of rotatable bonds is 3. The second-order valence-corrected chi connectivity index (χ2v) is 5.58. The van der Waals surface area contributed by atoms with Crippen molar-refractivity contribution in [2.75, 3.05) is 39.3 Å². The highest BCUT2D eigenvalue weighted by atomic mass is 16.6. The zero-order chi connectivity index (χ0) is 10.8. The fraction of sp³-hybridized carbons (Fsp3) is 1.00. The van der Waals surface area contributed by atoms with E-state index in [0.29, 0.717) is 6.10 Å². The fourth-order valence-electron chi connectivity index (χ4n) is 3.21. The molecule has 3 aliphatic rings. The highest BCUT2D eigenvalue weighted by Crippen LogP contribution is 2.22. The molecular formula is C13H24N2O. The molecule has 16 heavy (non-hydrogen) atoms. The minimum Gasteiger partial charge on any atom is -0.372 e. The van der Waals surface area contributed by atoms with Gasteiger partial charge in [0.15, 0.2) is 0 Å². The normalized spacial score (nSPS) is 34.1. The van der Waals surface area contributed by atoms with Crippen LogP contribution < -0.4 is 0 Å². The lowest BCUT2D eigenvalue weighted by Gasteiger charge is -2.40. The highest BCUT2D eigenvalue weighted by molar-refractivity contribution is 4.84. The molecule has 0 aromatic heterocycles. The Morgan fingerprint density at radius 1 is 0.938 bits per heavy atom. The maximum Gasteiger partial charge on any atom is 0.0936 e. The van der Waals surface area contributed by atoms with Crippen LogP contribution in [0.5, 0.6) is 0 Å². The summed E-state index contributed by atoms with van der Waals surface area (Å²) in [5.41, 5.74) is 0. The number of epoxide rings is 1. The third-order valence-electron chi connectivity index (χ3n) is 4.33. The second-order valence-electron chi connectivity index (χ2n) is 5.58. The first-order chi connectivity index (χ1) is 7.92. The minimum absolute atomic E-state index is 0.575. The van der Waals surface area contributed by atoms with E-state index >= 15 is 0 Å². The first-order valence-corrected chi connectivity index (χ1v) is 7.00. The molecule has 0 spiro atoms. The Morgan fingerprint density at radius 3 is 2.25 bits per heavy atom. The monoisotopic (exact) mass is 224 g/mol. The molecule has 0 saturated carbocycles. The van der Waals surface area contributed by atoms with Crippen LogP contribution in [0.1, 0.15) is 32.1 Å². The SMILES string of the molecule is C1CCN(C2CCN(CC3CO3)CC2)CC1. The van der Waals surface area contributed by atoms with Gasteiger partial charge >= 0.3 is 0 Å². The summed E-state index contributed by atoms with van der Waals surface area (Å²) < 4.78 is 5.30. The minimum atomic E-state index is 0.575. The van der Waals surface area contributed by atoms with E-state index in [1.54, 1.807) is 0 Å². The van der Waals surface area contributed by atoms with Gasteiger partial charge in [-0.05, 0) is 51.9 Å². The van der Waals surface area contributed by atoms with E-state index in [-0.39, 0.29) is 0 Å². The molecule has 3 heteroatoms. The average Bonchev–Trinajstić information content (AvgIpc) is 3.15. The van der Waals surface area contributed by atoms with E-state index in [0.717, 1.165) is 12.6 Å². The summed E-state index contributed by atoms with van der Waals surface area (Å²) in [5, 5.41) is 0. The van der Waals surface area contributed by atoms with Gasteiger partial charge in [-0.2, -0.15) is 0 Å². The van der Waals surface area contributed by atoms with E-state index in [9.17, 15) is 0 Å². The second kappa shape index (κ2) is 5.03. The summed E-state index contributed by atoms with van der Waals surface area (Å²) in [6, 6.07) is 0.886. The van der Waals surface area contributed by atoms with Crippen LogP contribution in [-0.2, 0) is 4.74 Å². The Labute approximate surface area is 98.7 Å². The van der Waals surface area contributed by atoms with E-state index in [4.69, 9.17) is 4.74 Å². The van der Waals surface area contributed by atoms with Crippen LogP contribution in [-0.4, -0.2) is 61.3 Å². The van der Waals surface area contributed by atoms with E-state index in [1.165, 1.54) is 64.8 Å². The van der Waals surface area contributed by atoms with Crippen LogP contribution in [0.3, 0.4) is 0 Å². The quantitative estimate of drug-likeness (QED) is 0.674. The van der Waals surface area contributed by atoms with Gasteiger partial charge in [0.2, 0.25) is 0 Å². The van der Waals surface area contributed by atoms with Gasteiger partial charge in [-0.3, -0.25) is 0 Å². The van der Waals surface area contributed by atoms with Gasteiger partial charge in [-0.15, -0.1) is 0 Å². The zero-order valence-electron chi connectivity index (χ0n) is 10.2. The van der Waals surface area contributed by atoms with Gasteiger partial charge in [-0.1, -0.05) is 6.42 Å². The molecule has 3 fully saturated rings. The maximum atomic E-state index is 5.30. The van der Waals surface area contributed by atoms with Crippen molar-refractivity contribution in [2.24, 2.45) is 0 Å². The van der Waals surface area contributed by atoms with Crippen LogP contribution in [0.25, 0.3) is 0 Å². The molecule has 3 rings (SSSR count). The first-order valence-electron chi connectivity index (χ1n) is 7.00. The summed E-state index contributed by atoms with van der Waals surface area (Å²) in [4.78, 5) is 5.34. The Kier molecular flexibility index (Phi) is 3.46. The van der Waals surface area contributed by atoms with E-state index in [1.807, 2.05) is 0 Å².